The van der Waals surface area contributed by atoms with Crippen LogP contribution in [-0.4, -0.2) is 16.1 Å². The van der Waals surface area contributed by atoms with Gasteiger partial charge in [0, 0.05) is 5.25 Å². The summed E-state index contributed by atoms with van der Waals surface area (Å²) in [6.45, 7) is 4.41. The fourth-order valence-corrected chi connectivity index (χ4v) is 2.31. The molecule has 0 bridgehead atoms. The van der Waals surface area contributed by atoms with Crippen LogP contribution in [0.5, 0.6) is 5.75 Å². The largest absolute Gasteiger partial charge is 0.508 e. The lowest BCUT2D eigenvalue weighted by molar-refractivity contribution is 0.468. The van der Waals surface area contributed by atoms with Crippen molar-refractivity contribution in [1.82, 2.24) is 0 Å². The lowest BCUT2D eigenvalue weighted by Gasteiger charge is -2.11. The Morgan fingerprint density at radius 3 is 2.71 bits per heavy atom. The average molecular weight is 210 g/mol. The summed E-state index contributed by atoms with van der Waals surface area (Å²) in [4.78, 5) is 0. The van der Waals surface area contributed by atoms with Gasteiger partial charge in [-0.1, -0.05) is 32.0 Å². The molecule has 1 N–H and O–H groups in total. The highest BCUT2D eigenvalue weighted by Crippen LogP contribution is 2.22. The van der Waals surface area contributed by atoms with Crippen LogP contribution in [0.4, 0.5) is 0 Å². The van der Waals surface area contributed by atoms with Crippen LogP contribution in [-0.2, 0) is 6.42 Å². The third kappa shape index (κ3) is 3.62. The molecular formula is C12H18OS. The van der Waals surface area contributed by atoms with Crippen LogP contribution in [0.25, 0.3) is 0 Å². The number of benzene rings is 1. The first-order valence-electron chi connectivity index (χ1n) is 5.12. The van der Waals surface area contributed by atoms with Crippen molar-refractivity contribution in [2.75, 3.05) is 5.75 Å². The third-order valence-corrected chi connectivity index (χ3v) is 3.49. The van der Waals surface area contributed by atoms with E-state index in [4.69, 9.17) is 0 Å². The maximum Gasteiger partial charge on any atom is 0.118 e. The smallest absolute Gasteiger partial charge is 0.118 e. The first-order chi connectivity index (χ1) is 6.74. The van der Waals surface area contributed by atoms with Gasteiger partial charge < -0.3 is 5.11 Å². The van der Waals surface area contributed by atoms with Crippen LogP contribution < -0.4 is 0 Å². The molecule has 0 aliphatic carbocycles. The number of aromatic hydroxyl groups is 1. The number of rotatable bonds is 5. The van der Waals surface area contributed by atoms with Gasteiger partial charge in [0.05, 0.1) is 0 Å². The zero-order valence-corrected chi connectivity index (χ0v) is 9.68. The summed E-state index contributed by atoms with van der Waals surface area (Å²) < 4.78 is 0. The van der Waals surface area contributed by atoms with E-state index >= 15 is 0 Å². The number of phenols is 1. The van der Waals surface area contributed by atoms with Gasteiger partial charge in [-0.25, -0.2) is 0 Å². The molecule has 1 unspecified atom stereocenters. The number of phenolic OH excluding ortho intramolecular Hbond substituents is 1. The average Bonchev–Trinajstić information content (AvgIpc) is 2.18. The Balaban J connectivity index is 2.47. The Morgan fingerprint density at radius 1 is 1.36 bits per heavy atom. The Bertz CT molecular complexity index is 273. The second kappa shape index (κ2) is 5.97. The minimum absolute atomic E-state index is 0.427. The predicted molar refractivity (Wildman–Crippen MR) is 64.0 cm³/mol. The molecule has 2 heteroatoms. The van der Waals surface area contributed by atoms with Gasteiger partial charge in [-0.3, -0.25) is 0 Å². The van der Waals surface area contributed by atoms with Crippen LogP contribution >= 0.6 is 11.8 Å². The molecule has 0 amide bonds. The van der Waals surface area contributed by atoms with E-state index < -0.39 is 0 Å². The second-order valence-corrected chi connectivity index (χ2v) is 5.06. The Labute approximate surface area is 90.5 Å². The summed E-state index contributed by atoms with van der Waals surface area (Å²) in [7, 11) is 0. The summed E-state index contributed by atoms with van der Waals surface area (Å²) in [6, 6.07) is 7.60. The van der Waals surface area contributed by atoms with Gasteiger partial charge >= 0.3 is 0 Å². The third-order valence-electron chi connectivity index (χ3n) is 2.11. The molecule has 0 spiro atoms. The van der Waals surface area contributed by atoms with Crippen LogP contribution in [0.2, 0.25) is 0 Å². The molecule has 0 aromatic heterocycles. The SMILES string of the molecule is CCCSC(C)Cc1ccccc1O. The molecule has 1 aromatic carbocycles. The van der Waals surface area contributed by atoms with E-state index in [2.05, 4.69) is 13.8 Å². The van der Waals surface area contributed by atoms with Crippen molar-refractivity contribution in [2.24, 2.45) is 0 Å². The number of thioether (sulfide) groups is 1. The van der Waals surface area contributed by atoms with Gasteiger partial charge in [-0.05, 0) is 30.2 Å². The fourth-order valence-electron chi connectivity index (χ4n) is 1.37. The highest BCUT2D eigenvalue weighted by molar-refractivity contribution is 7.99. The molecule has 1 nitrogen and oxygen atoms in total. The van der Waals surface area contributed by atoms with Gasteiger partial charge in [-0.2, -0.15) is 11.8 Å². The molecule has 0 fully saturated rings. The van der Waals surface area contributed by atoms with E-state index in [1.54, 1.807) is 6.07 Å². The van der Waals surface area contributed by atoms with Crippen molar-refractivity contribution in [3.8, 4) is 5.75 Å². The van der Waals surface area contributed by atoms with Crippen LogP contribution in [0.3, 0.4) is 0 Å². The van der Waals surface area contributed by atoms with Crippen molar-refractivity contribution in [3.63, 3.8) is 0 Å². The van der Waals surface area contributed by atoms with E-state index in [1.165, 1.54) is 12.2 Å². The summed E-state index contributed by atoms with van der Waals surface area (Å²) in [5.74, 6) is 1.63. The zero-order chi connectivity index (χ0) is 10.4. The normalized spacial score (nSPS) is 12.7. The van der Waals surface area contributed by atoms with Crippen molar-refractivity contribution in [1.29, 1.82) is 0 Å². The van der Waals surface area contributed by atoms with Crippen molar-refractivity contribution in [3.05, 3.63) is 29.8 Å². The molecule has 0 saturated carbocycles. The van der Waals surface area contributed by atoms with Crippen LogP contribution in [0, 0.1) is 0 Å². The molecule has 0 aliphatic heterocycles. The molecular weight excluding hydrogens is 192 g/mol. The second-order valence-electron chi connectivity index (χ2n) is 3.51. The molecule has 1 aromatic rings. The van der Waals surface area contributed by atoms with E-state index in [-0.39, 0.29) is 0 Å². The molecule has 0 aliphatic rings. The van der Waals surface area contributed by atoms with Crippen LogP contribution in [0.15, 0.2) is 24.3 Å². The fraction of sp³-hybridized carbons (Fsp3) is 0.500. The number of hydrogen-bond donors (Lipinski definition) is 1. The Morgan fingerprint density at radius 2 is 2.07 bits per heavy atom. The first-order valence-corrected chi connectivity index (χ1v) is 6.17. The minimum atomic E-state index is 0.427. The predicted octanol–water partition coefficient (Wildman–Crippen LogP) is 3.47. The first kappa shape index (κ1) is 11.4. The van der Waals surface area contributed by atoms with Gasteiger partial charge in [0.2, 0.25) is 0 Å². The van der Waals surface area contributed by atoms with E-state index in [0.717, 1.165) is 12.0 Å². The van der Waals surface area contributed by atoms with Crippen molar-refractivity contribution in [2.45, 2.75) is 31.9 Å². The molecule has 14 heavy (non-hydrogen) atoms. The lowest BCUT2D eigenvalue weighted by Crippen LogP contribution is -2.02. The topological polar surface area (TPSA) is 20.2 Å². The van der Waals surface area contributed by atoms with Gasteiger partial charge in [0.25, 0.3) is 0 Å². The highest BCUT2D eigenvalue weighted by Gasteiger charge is 2.06. The van der Waals surface area contributed by atoms with Gasteiger partial charge in [0.1, 0.15) is 5.75 Å². The van der Waals surface area contributed by atoms with E-state index in [1.807, 2.05) is 30.0 Å². The molecule has 0 radical (unpaired) electrons. The summed E-state index contributed by atoms with van der Waals surface area (Å²) in [5, 5.41) is 10.2. The summed E-state index contributed by atoms with van der Waals surface area (Å²) in [5.41, 5.74) is 1.06. The standard InChI is InChI=1S/C12H18OS/c1-3-8-14-10(2)9-11-6-4-5-7-12(11)13/h4-7,10,13H,3,8-9H2,1-2H3. The summed E-state index contributed by atoms with van der Waals surface area (Å²) in [6.07, 6.45) is 2.17. The monoisotopic (exact) mass is 210 g/mol. The van der Waals surface area contributed by atoms with E-state index in [9.17, 15) is 5.11 Å². The van der Waals surface area contributed by atoms with Gasteiger partial charge in [-0.15, -0.1) is 0 Å². The molecule has 1 atom stereocenters. The lowest BCUT2D eigenvalue weighted by atomic mass is 10.1. The minimum Gasteiger partial charge on any atom is -0.508 e. The molecule has 1 rings (SSSR count). The van der Waals surface area contributed by atoms with E-state index in [0.29, 0.717) is 11.0 Å². The van der Waals surface area contributed by atoms with Gasteiger partial charge in [0.15, 0.2) is 0 Å². The van der Waals surface area contributed by atoms with Crippen molar-refractivity contribution < 1.29 is 5.11 Å². The zero-order valence-electron chi connectivity index (χ0n) is 8.86. The highest BCUT2D eigenvalue weighted by atomic mass is 32.2. The molecule has 0 saturated heterocycles. The van der Waals surface area contributed by atoms with Crippen LogP contribution in [0.1, 0.15) is 25.8 Å². The Hall–Kier alpha value is -0.630. The number of para-hydroxylation sites is 1. The Kier molecular flexibility index (Phi) is 4.88. The number of hydrogen-bond acceptors (Lipinski definition) is 2. The maximum atomic E-state index is 9.58. The maximum absolute atomic E-state index is 9.58. The molecule has 78 valence electrons. The summed E-state index contributed by atoms with van der Waals surface area (Å²) >= 11 is 1.97. The quantitative estimate of drug-likeness (QED) is 0.803. The van der Waals surface area contributed by atoms with Crippen molar-refractivity contribution >= 4 is 11.8 Å². The molecule has 0 heterocycles.